The molecule has 0 aromatic heterocycles. The fourth-order valence-corrected chi connectivity index (χ4v) is 3.64. The van der Waals surface area contributed by atoms with Crippen LogP contribution in [0.2, 0.25) is 0 Å². The third kappa shape index (κ3) is 2.32. The molecule has 1 aromatic rings. The van der Waals surface area contributed by atoms with Crippen LogP contribution in [0.4, 0.5) is 0 Å². The van der Waals surface area contributed by atoms with Crippen LogP contribution >= 0.6 is 0 Å². The molecule has 0 amide bonds. The van der Waals surface area contributed by atoms with Crippen LogP contribution in [-0.2, 0) is 0 Å². The number of likely N-dealkylation sites (N-methyl/N-ethyl adjacent to an activating group) is 1. The smallest absolute Gasteiger partial charge is 0.0482 e. The maximum absolute atomic E-state index is 6.65. The lowest BCUT2D eigenvalue weighted by Crippen LogP contribution is -2.53. The van der Waals surface area contributed by atoms with Gasteiger partial charge in [0.2, 0.25) is 0 Å². The first-order chi connectivity index (χ1) is 8.74. The van der Waals surface area contributed by atoms with Gasteiger partial charge in [0.05, 0.1) is 0 Å². The second-order valence-corrected chi connectivity index (χ2v) is 5.37. The van der Waals surface area contributed by atoms with Gasteiger partial charge in [0, 0.05) is 11.6 Å². The highest BCUT2D eigenvalue weighted by atomic mass is 15.2. The molecule has 0 radical (unpaired) electrons. The van der Waals surface area contributed by atoms with Crippen molar-refractivity contribution in [3.63, 3.8) is 0 Å². The van der Waals surface area contributed by atoms with E-state index in [2.05, 4.69) is 49.1 Å². The van der Waals surface area contributed by atoms with Crippen molar-refractivity contribution < 1.29 is 0 Å². The van der Waals surface area contributed by atoms with Crippen molar-refractivity contribution in [2.75, 3.05) is 13.1 Å². The van der Waals surface area contributed by atoms with Crippen molar-refractivity contribution >= 4 is 0 Å². The highest BCUT2D eigenvalue weighted by Gasteiger charge is 2.43. The molecule has 1 aromatic carbocycles. The van der Waals surface area contributed by atoms with E-state index in [9.17, 15) is 0 Å². The van der Waals surface area contributed by atoms with Crippen LogP contribution < -0.4 is 5.73 Å². The predicted molar refractivity (Wildman–Crippen MR) is 77.5 cm³/mol. The Labute approximate surface area is 111 Å². The molecule has 0 saturated heterocycles. The van der Waals surface area contributed by atoms with Gasteiger partial charge >= 0.3 is 0 Å². The number of nitrogens with two attached hydrogens (primary N) is 1. The molecule has 1 fully saturated rings. The van der Waals surface area contributed by atoms with Crippen molar-refractivity contribution in [2.24, 2.45) is 5.73 Å². The van der Waals surface area contributed by atoms with Crippen molar-refractivity contribution in [3.8, 4) is 0 Å². The van der Waals surface area contributed by atoms with Crippen LogP contribution in [0.1, 0.15) is 51.1 Å². The molecule has 1 aliphatic carbocycles. The van der Waals surface area contributed by atoms with E-state index in [1.54, 1.807) is 0 Å². The van der Waals surface area contributed by atoms with Crippen LogP contribution in [0.3, 0.4) is 0 Å². The fourth-order valence-electron chi connectivity index (χ4n) is 3.64. The molecule has 2 heteroatoms. The Morgan fingerprint density at radius 1 is 1.11 bits per heavy atom. The van der Waals surface area contributed by atoms with E-state index in [-0.39, 0.29) is 11.6 Å². The molecule has 1 atom stereocenters. The summed E-state index contributed by atoms with van der Waals surface area (Å²) in [6.07, 6.45) is 5.11. The third-order valence-electron chi connectivity index (χ3n) is 4.60. The van der Waals surface area contributed by atoms with Crippen LogP contribution in [0.25, 0.3) is 0 Å². The Morgan fingerprint density at radius 3 is 2.17 bits per heavy atom. The first-order valence-electron chi connectivity index (χ1n) is 7.30. The average Bonchev–Trinajstić information content (AvgIpc) is 2.91. The summed E-state index contributed by atoms with van der Waals surface area (Å²) in [6, 6.07) is 10.7. The first-order valence-corrected chi connectivity index (χ1v) is 7.30. The van der Waals surface area contributed by atoms with Crippen molar-refractivity contribution in [1.82, 2.24) is 4.90 Å². The minimum absolute atomic E-state index is 0.140. The standard InChI is InChI=1S/C16H26N2/c1-3-18(4-2)16(12-8-9-13-16)15(17)14-10-6-5-7-11-14/h5-7,10-11,15H,3-4,8-9,12-13,17H2,1-2H3/t15-/m0/s1. The van der Waals surface area contributed by atoms with Crippen LogP contribution in [0.15, 0.2) is 30.3 Å². The van der Waals surface area contributed by atoms with Gasteiger partial charge in [0.15, 0.2) is 0 Å². The van der Waals surface area contributed by atoms with E-state index >= 15 is 0 Å². The molecule has 2 N–H and O–H groups in total. The Bertz CT molecular complexity index is 351. The van der Waals surface area contributed by atoms with Gasteiger partial charge in [-0.3, -0.25) is 4.90 Å². The number of rotatable bonds is 5. The molecule has 1 saturated carbocycles. The molecule has 0 spiro atoms. The Kier molecular flexibility index (Phi) is 4.41. The normalized spacial score (nSPS) is 20.2. The zero-order valence-electron chi connectivity index (χ0n) is 11.7. The second kappa shape index (κ2) is 5.85. The maximum atomic E-state index is 6.65. The molecular formula is C16H26N2. The van der Waals surface area contributed by atoms with Gasteiger partial charge in [-0.25, -0.2) is 0 Å². The zero-order chi connectivity index (χ0) is 13.0. The minimum Gasteiger partial charge on any atom is -0.322 e. The predicted octanol–water partition coefficient (Wildman–Crippen LogP) is 3.34. The van der Waals surface area contributed by atoms with Crippen LogP contribution in [0, 0.1) is 0 Å². The summed E-state index contributed by atoms with van der Waals surface area (Å²) in [5.41, 5.74) is 8.11. The maximum Gasteiger partial charge on any atom is 0.0482 e. The molecule has 100 valence electrons. The van der Waals surface area contributed by atoms with Gasteiger partial charge in [-0.1, -0.05) is 57.0 Å². The summed E-state index contributed by atoms with van der Waals surface area (Å²) in [5.74, 6) is 0. The highest BCUT2D eigenvalue weighted by Crippen LogP contribution is 2.43. The van der Waals surface area contributed by atoms with Gasteiger partial charge in [0.25, 0.3) is 0 Å². The monoisotopic (exact) mass is 246 g/mol. The lowest BCUT2D eigenvalue weighted by Gasteiger charge is -2.45. The van der Waals surface area contributed by atoms with Crippen LogP contribution in [0.5, 0.6) is 0 Å². The van der Waals surface area contributed by atoms with Crippen molar-refractivity contribution in [3.05, 3.63) is 35.9 Å². The number of benzene rings is 1. The number of nitrogens with zero attached hydrogens (tertiary/aromatic N) is 1. The lowest BCUT2D eigenvalue weighted by atomic mass is 9.82. The zero-order valence-corrected chi connectivity index (χ0v) is 11.7. The highest BCUT2D eigenvalue weighted by molar-refractivity contribution is 5.24. The summed E-state index contributed by atoms with van der Waals surface area (Å²) >= 11 is 0. The van der Waals surface area contributed by atoms with E-state index in [1.807, 2.05) is 0 Å². The van der Waals surface area contributed by atoms with E-state index in [0.29, 0.717) is 0 Å². The van der Waals surface area contributed by atoms with E-state index < -0.39 is 0 Å². The van der Waals surface area contributed by atoms with Gasteiger partial charge in [0.1, 0.15) is 0 Å². The van der Waals surface area contributed by atoms with Gasteiger partial charge < -0.3 is 5.73 Å². The average molecular weight is 246 g/mol. The lowest BCUT2D eigenvalue weighted by molar-refractivity contribution is 0.0770. The Hall–Kier alpha value is -0.860. The molecule has 18 heavy (non-hydrogen) atoms. The first kappa shape index (κ1) is 13.6. The van der Waals surface area contributed by atoms with Gasteiger partial charge in [-0.05, 0) is 31.5 Å². The van der Waals surface area contributed by atoms with Crippen molar-refractivity contribution in [1.29, 1.82) is 0 Å². The molecule has 0 bridgehead atoms. The summed E-state index contributed by atoms with van der Waals surface area (Å²) in [4.78, 5) is 2.58. The quantitative estimate of drug-likeness (QED) is 0.863. The molecular weight excluding hydrogens is 220 g/mol. The topological polar surface area (TPSA) is 29.3 Å². The number of hydrogen-bond acceptors (Lipinski definition) is 2. The number of hydrogen-bond donors (Lipinski definition) is 1. The molecule has 2 rings (SSSR count). The van der Waals surface area contributed by atoms with E-state index in [4.69, 9.17) is 5.73 Å². The summed E-state index contributed by atoms with van der Waals surface area (Å²) < 4.78 is 0. The summed E-state index contributed by atoms with van der Waals surface area (Å²) in [6.45, 7) is 6.69. The van der Waals surface area contributed by atoms with Gasteiger partial charge in [-0.2, -0.15) is 0 Å². The van der Waals surface area contributed by atoms with E-state index in [1.165, 1.54) is 31.2 Å². The fraction of sp³-hybridized carbons (Fsp3) is 0.625. The van der Waals surface area contributed by atoms with Crippen LogP contribution in [-0.4, -0.2) is 23.5 Å². The molecule has 0 heterocycles. The Balaban J connectivity index is 2.30. The van der Waals surface area contributed by atoms with E-state index in [0.717, 1.165) is 13.1 Å². The van der Waals surface area contributed by atoms with Crippen molar-refractivity contribution in [2.45, 2.75) is 51.1 Å². The van der Waals surface area contributed by atoms with Gasteiger partial charge in [-0.15, -0.1) is 0 Å². The summed E-state index contributed by atoms with van der Waals surface area (Å²) in [7, 11) is 0. The molecule has 2 nitrogen and oxygen atoms in total. The second-order valence-electron chi connectivity index (χ2n) is 5.37. The Morgan fingerprint density at radius 2 is 1.67 bits per heavy atom. The third-order valence-corrected chi connectivity index (χ3v) is 4.60. The minimum atomic E-state index is 0.140. The SMILES string of the molecule is CCN(CC)C1([C@@H](N)c2ccccc2)CCCC1. The molecule has 0 unspecified atom stereocenters. The molecule has 1 aliphatic rings. The molecule has 0 aliphatic heterocycles. The summed E-state index contributed by atoms with van der Waals surface area (Å²) in [5, 5.41) is 0. The largest absolute Gasteiger partial charge is 0.322 e.